The van der Waals surface area contributed by atoms with Crippen molar-refractivity contribution >= 4 is 38.5 Å². The fraction of sp³-hybridized carbons (Fsp3) is 0.250. The van der Waals surface area contributed by atoms with E-state index >= 15 is 0 Å². The van der Waals surface area contributed by atoms with Crippen LogP contribution in [-0.4, -0.2) is 6.61 Å². The lowest BCUT2D eigenvalue weighted by molar-refractivity contribution is 0.315. The fourth-order valence-electron chi connectivity index (χ4n) is 1.97. The van der Waals surface area contributed by atoms with Gasteiger partial charge in [0.05, 0.1) is 17.1 Å². The molecule has 2 rings (SSSR count). The van der Waals surface area contributed by atoms with E-state index in [-0.39, 0.29) is 11.9 Å². The van der Waals surface area contributed by atoms with Crippen LogP contribution in [0, 0.1) is 9.39 Å². The third-order valence-electron chi connectivity index (χ3n) is 3.07. The van der Waals surface area contributed by atoms with Gasteiger partial charge >= 0.3 is 0 Å². The molecule has 112 valence electrons. The van der Waals surface area contributed by atoms with Crippen molar-refractivity contribution in [3.05, 3.63) is 61.4 Å². The molecule has 0 amide bonds. The SMILES string of the molecule is CCCOc1ccc(C(N)c2ccc(F)cc2I)cc1Br. The molecular weight excluding hydrogens is 448 g/mol. The summed E-state index contributed by atoms with van der Waals surface area (Å²) in [7, 11) is 0. The van der Waals surface area contributed by atoms with Crippen molar-refractivity contribution in [3.63, 3.8) is 0 Å². The maximum atomic E-state index is 13.2. The number of halogens is 3. The molecule has 0 aromatic heterocycles. The maximum Gasteiger partial charge on any atom is 0.133 e. The van der Waals surface area contributed by atoms with Crippen molar-refractivity contribution < 1.29 is 9.13 Å². The molecule has 2 aromatic rings. The molecule has 0 aliphatic heterocycles. The molecule has 0 bridgehead atoms. The zero-order chi connectivity index (χ0) is 15.4. The highest BCUT2D eigenvalue weighted by molar-refractivity contribution is 14.1. The molecule has 0 fully saturated rings. The van der Waals surface area contributed by atoms with Crippen molar-refractivity contribution in [3.8, 4) is 5.75 Å². The van der Waals surface area contributed by atoms with E-state index in [1.807, 2.05) is 18.2 Å². The molecule has 2 nitrogen and oxygen atoms in total. The summed E-state index contributed by atoms with van der Waals surface area (Å²) < 4.78 is 20.5. The van der Waals surface area contributed by atoms with Gasteiger partial charge in [-0.15, -0.1) is 0 Å². The van der Waals surface area contributed by atoms with E-state index in [1.165, 1.54) is 12.1 Å². The molecule has 5 heteroatoms. The number of hydrogen-bond donors (Lipinski definition) is 1. The summed E-state index contributed by atoms with van der Waals surface area (Å²) in [4.78, 5) is 0. The Kier molecular flexibility index (Phi) is 6.01. The van der Waals surface area contributed by atoms with Gasteiger partial charge in [-0.1, -0.05) is 19.1 Å². The number of nitrogens with two attached hydrogens (primary N) is 1. The monoisotopic (exact) mass is 463 g/mol. The Labute approximate surface area is 146 Å². The Morgan fingerprint density at radius 1 is 1.29 bits per heavy atom. The first-order valence-corrected chi connectivity index (χ1v) is 8.53. The minimum atomic E-state index is -0.297. The number of hydrogen-bond acceptors (Lipinski definition) is 2. The third kappa shape index (κ3) is 4.17. The molecule has 2 aromatic carbocycles. The molecule has 0 spiro atoms. The van der Waals surface area contributed by atoms with Gasteiger partial charge in [0.25, 0.3) is 0 Å². The average molecular weight is 464 g/mol. The second-order valence-corrected chi connectivity index (χ2v) is 6.70. The van der Waals surface area contributed by atoms with Crippen LogP contribution >= 0.6 is 38.5 Å². The highest BCUT2D eigenvalue weighted by atomic mass is 127. The Bertz CT molecular complexity index is 636. The molecule has 1 unspecified atom stereocenters. The molecule has 1 atom stereocenters. The smallest absolute Gasteiger partial charge is 0.133 e. The van der Waals surface area contributed by atoms with E-state index in [1.54, 1.807) is 6.07 Å². The van der Waals surface area contributed by atoms with Crippen LogP contribution < -0.4 is 10.5 Å². The summed E-state index contributed by atoms with van der Waals surface area (Å²) in [5, 5.41) is 0. The van der Waals surface area contributed by atoms with Crippen LogP contribution in [0.3, 0.4) is 0 Å². The van der Waals surface area contributed by atoms with Gasteiger partial charge in [0, 0.05) is 3.57 Å². The van der Waals surface area contributed by atoms with Gasteiger partial charge in [-0.3, -0.25) is 0 Å². The molecule has 0 aliphatic carbocycles. The second kappa shape index (κ2) is 7.56. The van der Waals surface area contributed by atoms with E-state index in [4.69, 9.17) is 10.5 Å². The van der Waals surface area contributed by atoms with Crippen LogP contribution in [-0.2, 0) is 0 Å². The highest BCUT2D eigenvalue weighted by Gasteiger charge is 2.14. The van der Waals surface area contributed by atoms with Crippen molar-refractivity contribution in [1.29, 1.82) is 0 Å². The Hall–Kier alpha value is -0.660. The van der Waals surface area contributed by atoms with Crippen molar-refractivity contribution in [1.82, 2.24) is 0 Å². The molecule has 0 saturated carbocycles. The first kappa shape index (κ1) is 16.7. The summed E-state index contributed by atoms with van der Waals surface area (Å²) in [6, 6.07) is 10.2. The zero-order valence-electron chi connectivity index (χ0n) is 11.6. The van der Waals surface area contributed by atoms with E-state index in [0.717, 1.165) is 31.3 Å². The largest absolute Gasteiger partial charge is 0.492 e. The first-order chi connectivity index (χ1) is 10.0. The quantitative estimate of drug-likeness (QED) is 0.631. The van der Waals surface area contributed by atoms with Gasteiger partial charge in [-0.25, -0.2) is 4.39 Å². The van der Waals surface area contributed by atoms with Gasteiger partial charge in [0.15, 0.2) is 0 Å². The van der Waals surface area contributed by atoms with E-state index < -0.39 is 0 Å². The van der Waals surface area contributed by atoms with Gasteiger partial charge in [0.2, 0.25) is 0 Å². The van der Waals surface area contributed by atoms with Gasteiger partial charge in [-0.05, 0) is 80.3 Å². The molecule has 2 N–H and O–H groups in total. The lowest BCUT2D eigenvalue weighted by Gasteiger charge is -2.16. The highest BCUT2D eigenvalue weighted by Crippen LogP contribution is 2.31. The average Bonchev–Trinajstić information content (AvgIpc) is 2.45. The molecular formula is C16H16BrFINO. The Morgan fingerprint density at radius 3 is 2.67 bits per heavy atom. The van der Waals surface area contributed by atoms with Gasteiger partial charge in [0.1, 0.15) is 11.6 Å². The molecule has 21 heavy (non-hydrogen) atoms. The van der Waals surface area contributed by atoms with Crippen molar-refractivity contribution in [2.45, 2.75) is 19.4 Å². The summed E-state index contributed by atoms with van der Waals surface area (Å²) in [6.45, 7) is 2.74. The van der Waals surface area contributed by atoms with E-state index in [0.29, 0.717) is 6.61 Å². The van der Waals surface area contributed by atoms with Crippen LogP contribution in [0.5, 0.6) is 5.75 Å². The number of ether oxygens (including phenoxy) is 1. The van der Waals surface area contributed by atoms with Crippen LogP contribution in [0.25, 0.3) is 0 Å². The second-order valence-electron chi connectivity index (χ2n) is 4.68. The van der Waals surface area contributed by atoms with E-state index in [2.05, 4.69) is 45.4 Å². The topological polar surface area (TPSA) is 35.2 Å². The summed E-state index contributed by atoms with van der Waals surface area (Å²) in [5.74, 6) is 0.557. The van der Waals surface area contributed by atoms with Crippen LogP contribution in [0.2, 0.25) is 0 Å². The predicted molar refractivity (Wildman–Crippen MR) is 95.1 cm³/mol. The van der Waals surface area contributed by atoms with Crippen LogP contribution in [0.15, 0.2) is 40.9 Å². The van der Waals surface area contributed by atoms with E-state index in [9.17, 15) is 4.39 Å². The van der Waals surface area contributed by atoms with Crippen LogP contribution in [0.4, 0.5) is 4.39 Å². The lowest BCUT2D eigenvalue weighted by atomic mass is 9.99. The molecule has 0 heterocycles. The van der Waals surface area contributed by atoms with Gasteiger partial charge < -0.3 is 10.5 Å². The number of benzene rings is 2. The maximum absolute atomic E-state index is 13.2. The van der Waals surface area contributed by atoms with Gasteiger partial charge in [-0.2, -0.15) is 0 Å². The fourth-order valence-corrected chi connectivity index (χ4v) is 3.30. The lowest BCUT2D eigenvalue weighted by Crippen LogP contribution is -2.13. The molecule has 0 saturated heterocycles. The first-order valence-electron chi connectivity index (χ1n) is 6.65. The summed E-state index contributed by atoms with van der Waals surface area (Å²) in [6.07, 6.45) is 0.960. The standard InChI is InChI=1S/C16H16BrFINO/c1-2-7-21-15-6-3-10(8-13(15)17)16(20)12-5-4-11(18)9-14(12)19/h3-6,8-9,16H,2,7,20H2,1H3. The Balaban J connectivity index is 2.27. The summed E-state index contributed by atoms with van der Waals surface area (Å²) >= 11 is 5.61. The summed E-state index contributed by atoms with van der Waals surface area (Å²) in [5.41, 5.74) is 8.16. The molecule has 0 radical (unpaired) electrons. The molecule has 0 aliphatic rings. The zero-order valence-corrected chi connectivity index (χ0v) is 15.3. The minimum absolute atomic E-state index is 0.250. The Morgan fingerprint density at radius 2 is 2.05 bits per heavy atom. The minimum Gasteiger partial charge on any atom is -0.492 e. The van der Waals surface area contributed by atoms with Crippen LogP contribution in [0.1, 0.15) is 30.5 Å². The predicted octanol–water partition coefficient (Wildman–Crippen LogP) is 5.03. The number of rotatable bonds is 5. The third-order valence-corrected chi connectivity index (χ3v) is 4.63. The van der Waals surface area contributed by atoms with Crippen molar-refractivity contribution in [2.24, 2.45) is 5.73 Å². The van der Waals surface area contributed by atoms with Crippen molar-refractivity contribution in [2.75, 3.05) is 6.61 Å². The normalized spacial score (nSPS) is 12.2.